The Balaban J connectivity index is 3.59. The van der Waals surface area contributed by atoms with Gasteiger partial charge in [0.15, 0.2) is 0 Å². The van der Waals surface area contributed by atoms with Gasteiger partial charge in [-0.25, -0.2) is 0 Å². The third-order valence-corrected chi connectivity index (χ3v) is 14.4. The Morgan fingerprint density at radius 1 is 0.325 bits per heavy atom. The molecule has 0 fully saturated rings. The molecule has 0 bridgehead atoms. The number of carbonyl (C=O) groups is 1. The molecular weight excluding hydrogens is 939 g/mol. The molecule has 2 atom stereocenters. The molecule has 1 amide bonds. The SMILES string of the molecule is CC/C=C\C/C=C\C/C=C\C/C=C\C/C=C\C/C=C\C/C=C\C/C=C\C/C=C\C/C=C\C/C=C\CCCCCCCCCC(=O)NC(CO)C(O)CCCCCCCCCCCCCCCCCCCCCCCCCC. The number of carbonyl (C=O) groups excluding carboxylic acids is 1. The van der Waals surface area contributed by atoms with Crippen molar-refractivity contribution in [3.05, 3.63) is 134 Å². The second-order valence-corrected chi connectivity index (χ2v) is 21.8. The van der Waals surface area contributed by atoms with Crippen molar-refractivity contribution in [2.45, 2.75) is 315 Å². The molecular formula is C73H125NO3. The van der Waals surface area contributed by atoms with E-state index in [0.29, 0.717) is 12.8 Å². The summed E-state index contributed by atoms with van der Waals surface area (Å²) in [5.74, 6) is -0.0444. The highest BCUT2D eigenvalue weighted by molar-refractivity contribution is 5.76. The van der Waals surface area contributed by atoms with E-state index in [0.717, 1.165) is 109 Å². The summed E-state index contributed by atoms with van der Waals surface area (Å²) in [5, 5.41) is 23.4. The summed E-state index contributed by atoms with van der Waals surface area (Å²) in [4.78, 5) is 12.5. The van der Waals surface area contributed by atoms with Crippen molar-refractivity contribution in [3.63, 3.8) is 0 Å². The number of aliphatic hydroxyl groups excluding tert-OH is 2. The minimum absolute atomic E-state index is 0.0444. The minimum atomic E-state index is -0.675. The predicted molar refractivity (Wildman–Crippen MR) is 345 cm³/mol. The van der Waals surface area contributed by atoms with Gasteiger partial charge < -0.3 is 15.5 Å². The van der Waals surface area contributed by atoms with Gasteiger partial charge in [-0.05, 0) is 96.3 Å². The molecule has 0 radical (unpaired) electrons. The van der Waals surface area contributed by atoms with Gasteiger partial charge in [0.25, 0.3) is 0 Å². The standard InChI is InChI=1S/C73H125NO3/c1-3-5-7-9-11-13-15-17-19-21-23-25-27-29-30-31-32-33-34-35-36-37-38-39-40-41-42-43-44-45-47-49-51-53-55-57-59-61-63-65-67-69-73(77)74-71(70-75)72(76)68-66-64-62-60-58-56-54-52-50-48-46-28-26-24-22-20-18-16-14-12-10-8-6-4-2/h5,7,11,13,17,19,23,25,29-30,32-33,35-36,38-39,41-42,44-45,49,51,71-72,75-76H,3-4,6,8-10,12,14-16,18,20-22,24,26-28,31,34,37,40,43,46-48,50,52-70H2,1-2H3,(H,74,77)/b7-5-,13-11-,19-17-,25-23-,30-29-,33-32-,36-35-,39-38-,42-41-,45-44-,51-49-. The van der Waals surface area contributed by atoms with Crippen molar-refractivity contribution < 1.29 is 15.0 Å². The van der Waals surface area contributed by atoms with Crippen LogP contribution in [0.15, 0.2) is 134 Å². The third-order valence-electron chi connectivity index (χ3n) is 14.4. The molecule has 0 aromatic carbocycles. The molecule has 0 aliphatic heterocycles. The Morgan fingerprint density at radius 2 is 0.571 bits per heavy atom. The molecule has 0 aliphatic carbocycles. The molecule has 0 aliphatic rings. The monoisotopic (exact) mass is 1060 g/mol. The number of aliphatic hydroxyl groups is 2. The first-order valence-electron chi connectivity index (χ1n) is 32.9. The molecule has 4 heteroatoms. The quantitative estimate of drug-likeness (QED) is 0.0420. The van der Waals surface area contributed by atoms with Gasteiger partial charge in [-0.2, -0.15) is 0 Å². The predicted octanol–water partition coefficient (Wildman–Crippen LogP) is 22.5. The maximum atomic E-state index is 12.5. The van der Waals surface area contributed by atoms with Crippen LogP contribution in [0.2, 0.25) is 0 Å². The van der Waals surface area contributed by atoms with Gasteiger partial charge in [0.05, 0.1) is 18.8 Å². The number of hydrogen-bond donors (Lipinski definition) is 3. The molecule has 2 unspecified atom stereocenters. The average Bonchev–Trinajstić information content (AvgIpc) is 3.43. The molecule has 0 saturated heterocycles. The zero-order valence-corrected chi connectivity index (χ0v) is 50.7. The van der Waals surface area contributed by atoms with Gasteiger partial charge in [-0.3, -0.25) is 4.79 Å². The lowest BCUT2D eigenvalue weighted by Gasteiger charge is -2.22. The van der Waals surface area contributed by atoms with E-state index in [1.54, 1.807) is 0 Å². The van der Waals surface area contributed by atoms with Gasteiger partial charge in [-0.1, -0.05) is 334 Å². The molecule has 0 spiro atoms. The first-order chi connectivity index (χ1) is 38.2. The van der Waals surface area contributed by atoms with Gasteiger partial charge in [0.1, 0.15) is 0 Å². The van der Waals surface area contributed by atoms with Crippen molar-refractivity contribution in [3.8, 4) is 0 Å². The van der Waals surface area contributed by atoms with E-state index in [4.69, 9.17) is 0 Å². The lowest BCUT2D eigenvalue weighted by molar-refractivity contribution is -0.123. The van der Waals surface area contributed by atoms with Gasteiger partial charge >= 0.3 is 0 Å². The van der Waals surface area contributed by atoms with E-state index >= 15 is 0 Å². The number of nitrogens with one attached hydrogen (secondary N) is 1. The summed E-state index contributed by atoms with van der Waals surface area (Å²) in [7, 11) is 0. The molecule has 0 heterocycles. The van der Waals surface area contributed by atoms with Gasteiger partial charge in [-0.15, -0.1) is 0 Å². The molecule has 0 aromatic heterocycles. The van der Waals surface area contributed by atoms with Crippen LogP contribution in [0.4, 0.5) is 0 Å². The Hall–Kier alpha value is -3.47. The summed E-state index contributed by atoms with van der Waals surface area (Å²) in [6.07, 6.45) is 103. The Kier molecular flexibility index (Phi) is 63.8. The van der Waals surface area contributed by atoms with E-state index in [-0.39, 0.29) is 12.5 Å². The van der Waals surface area contributed by atoms with Crippen molar-refractivity contribution in [1.29, 1.82) is 0 Å². The first kappa shape index (κ1) is 73.5. The first-order valence-corrected chi connectivity index (χ1v) is 32.9. The van der Waals surface area contributed by atoms with Crippen LogP contribution in [-0.4, -0.2) is 34.9 Å². The van der Waals surface area contributed by atoms with E-state index in [2.05, 4.69) is 153 Å². The van der Waals surface area contributed by atoms with Crippen LogP contribution in [0, 0.1) is 0 Å². The summed E-state index contributed by atoms with van der Waals surface area (Å²) in [6, 6.07) is -0.553. The van der Waals surface area contributed by atoms with Crippen LogP contribution in [0.1, 0.15) is 303 Å². The molecule has 0 saturated carbocycles. The lowest BCUT2D eigenvalue weighted by atomic mass is 10.0. The lowest BCUT2D eigenvalue weighted by Crippen LogP contribution is -2.45. The topological polar surface area (TPSA) is 69.6 Å². The van der Waals surface area contributed by atoms with Gasteiger partial charge in [0, 0.05) is 6.42 Å². The average molecular weight is 1060 g/mol. The van der Waals surface area contributed by atoms with Crippen LogP contribution in [0.25, 0.3) is 0 Å². The van der Waals surface area contributed by atoms with Crippen molar-refractivity contribution in [1.82, 2.24) is 5.32 Å². The zero-order chi connectivity index (χ0) is 55.5. The van der Waals surface area contributed by atoms with Crippen LogP contribution < -0.4 is 5.32 Å². The summed E-state index contributed by atoms with van der Waals surface area (Å²) in [5.41, 5.74) is 0. The zero-order valence-electron chi connectivity index (χ0n) is 50.7. The van der Waals surface area contributed by atoms with Crippen molar-refractivity contribution in [2.24, 2.45) is 0 Å². The third kappa shape index (κ3) is 63.2. The van der Waals surface area contributed by atoms with E-state index in [1.807, 2.05) is 0 Å². The van der Waals surface area contributed by atoms with E-state index in [9.17, 15) is 15.0 Å². The number of amides is 1. The van der Waals surface area contributed by atoms with Crippen LogP contribution in [0.5, 0.6) is 0 Å². The second-order valence-electron chi connectivity index (χ2n) is 21.8. The maximum absolute atomic E-state index is 12.5. The fourth-order valence-electron chi connectivity index (χ4n) is 9.49. The second kappa shape index (κ2) is 66.8. The fraction of sp³-hybridized carbons (Fsp3) is 0.685. The Labute approximate surface area is 479 Å². The molecule has 77 heavy (non-hydrogen) atoms. The summed E-state index contributed by atoms with van der Waals surface area (Å²) < 4.78 is 0. The molecule has 0 rings (SSSR count). The molecule has 3 N–H and O–H groups in total. The highest BCUT2D eigenvalue weighted by atomic mass is 16.3. The Morgan fingerprint density at radius 3 is 0.857 bits per heavy atom. The number of allylic oxidation sites excluding steroid dienone is 22. The van der Waals surface area contributed by atoms with Crippen molar-refractivity contribution in [2.75, 3.05) is 6.61 Å². The molecule has 440 valence electrons. The minimum Gasteiger partial charge on any atom is -0.394 e. The number of unbranched alkanes of at least 4 members (excludes halogenated alkanes) is 30. The molecule has 4 nitrogen and oxygen atoms in total. The van der Waals surface area contributed by atoms with Gasteiger partial charge in [0.2, 0.25) is 5.91 Å². The van der Waals surface area contributed by atoms with Crippen LogP contribution in [0.3, 0.4) is 0 Å². The summed E-state index contributed by atoms with van der Waals surface area (Å²) >= 11 is 0. The maximum Gasteiger partial charge on any atom is 0.220 e. The fourth-order valence-corrected chi connectivity index (χ4v) is 9.49. The van der Waals surface area contributed by atoms with Crippen molar-refractivity contribution >= 4 is 5.91 Å². The van der Waals surface area contributed by atoms with Crippen LogP contribution in [-0.2, 0) is 4.79 Å². The summed E-state index contributed by atoms with van der Waals surface area (Å²) in [6.45, 7) is 4.26. The normalized spacial score (nSPS) is 13.7. The highest BCUT2D eigenvalue weighted by Gasteiger charge is 2.20. The highest BCUT2D eigenvalue weighted by Crippen LogP contribution is 2.17. The number of hydrogen-bond acceptors (Lipinski definition) is 3. The number of rotatable bonds is 59. The van der Waals surface area contributed by atoms with E-state index < -0.39 is 12.1 Å². The van der Waals surface area contributed by atoms with Crippen LogP contribution >= 0.6 is 0 Å². The Bertz CT molecular complexity index is 1540. The largest absolute Gasteiger partial charge is 0.394 e. The van der Waals surface area contributed by atoms with E-state index in [1.165, 1.54) is 167 Å². The molecule has 0 aromatic rings. The smallest absolute Gasteiger partial charge is 0.220 e.